The van der Waals surface area contributed by atoms with E-state index in [0.29, 0.717) is 113 Å². The summed E-state index contributed by atoms with van der Waals surface area (Å²) < 4.78 is 24.5. The molecule has 11 fully saturated rings. The lowest BCUT2D eigenvalue weighted by Crippen LogP contribution is -2.48. The first-order valence-corrected chi connectivity index (χ1v) is 63.2. The van der Waals surface area contributed by atoms with Crippen LogP contribution in [0.3, 0.4) is 0 Å². The van der Waals surface area contributed by atoms with Crippen molar-refractivity contribution in [1.82, 2.24) is 48.6 Å². The van der Waals surface area contributed by atoms with E-state index in [9.17, 15) is 42.0 Å². The molecule has 9 saturated heterocycles. The SMILES string of the molecule is CC(C)C1CC2CN(C(=O)C(C)(C)C)CC2C1C.CCC(=O)N1CCC(C(C)C)C(CC)C1.CCC(=O)N1CCC(C(C)C)C(CC)C1.CCC(C)C(=O)N1CCC(C(C)C)C(CC)C1.CCC1CN(C(=O)C(C)(C)C)CCC1C(C)C.CCC1CN(C(=O)C(C)C)CCC1C(C)C.CCC1CN(C(=O)C2(C)CC2)CCC1C(C)C.CCC1CN(S(C)(=O)=O)CCC1C(C)C.Cc1cnc(N2CCC(C(C)C)C(C)(C)C2)cn1. The van der Waals surface area contributed by atoms with Crippen LogP contribution in [0, 0.1) is 206 Å². The number of anilines is 1. The summed E-state index contributed by atoms with van der Waals surface area (Å²) >= 11 is 0. The number of aromatic nitrogens is 2. The van der Waals surface area contributed by atoms with E-state index in [2.05, 4.69) is 264 Å². The van der Waals surface area contributed by atoms with E-state index < -0.39 is 10.0 Å². The van der Waals surface area contributed by atoms with E-state index in [0.717, 1.165) is 273 Å². The predicted molar refractivity (Wildman–Crippen MR) is 625 cm³/mol. The Hall–Kier alpha value is -4.92. The minimum absolute atomic E-state index is 0.0168. The van der Waals surface area contributed by atoms with Crippen LogP contribution < -0.4 is 4.90 Å². The van der Waals surface area contributed by atoms with Gasteiger partial charge in [-0.15, -0.1) is 0 Å². The molecule has 20 atom stereocenters. The first-order chi connectivity index (χ1) is 68.9. The van der Waals surface area contributed by atoms with Crippen molar-refractivity contribution in [2.45, 2.75) is 426 Å². The van der Waals surface area contributed by atoms with Crippen LogP contribution in [0.5, 0.6) is 0 Å². The first-order valence-electron chi connectivity index (χ1n) is 61.4. The van der Waals surface area contributed by atoms with Gasteiger partial charge >= 0.3 is 0 Å². The smallest absolute Gasteiger partial charge is 0.228 e. The topological polar surface area (TPSA) is 209 Å². The largest absolute Gasteiger partial charge is 0.355 e. The van der Waals surface area contributed by atoms with Gasteiger partial charge < -0.3 is 39.2 Å². The van der Waals surface area contributed by atoms with Crippen molar-refractivity contribution < 1.29 is 42.0 Å². The molecule has 0 aromatic carbocycles. The van der Waals surface area contributed by atoms with Gasteiger partial charge in [0.2, 0.25) is 51.4 Å². The predicted octanol–water partition coefficient (Wildman–Crippen LogP) is 28.1. The lowest BCUT2D eigenvalue weighted by atomic mass is 9.69. The van der Waals surface area contributed by atoms with E-state index in [4.69, 9.17) is 0 Å². The highest BCUT2D eigenvalue weighted by molar-refractivity contribution is 7.88. The summed E-state index contributed by atoms with van der Waals surface area (Å²) in [6.07, 6.45) is 28.6. The van der Waals surface area contributed by atoms with Gasteiger partial charge in [-0.3, -0.25) is 38.5 Å². The molecule has 0 bridgehead atoms. The Kier molecular flexibility index (Phi) is 57.5. The third-order valence-corrected chi connectivity index (χ3v) is 39.5. The number of piperidine rings is 8. The molecule has 0 N–H and O–H groups in total. The summed E-state index contributed by atoms with van der Waals surface area (Å²) in [5, 5.41) is 0. The second kappa shape index (κ2) is 62.9. The van der Waals surface area contributed by atoms with Crippen LogP contribution in [-0.2, 0) is 43.6 Å². The molecule has 1 aromatic heterocycles. The van der Waals surface area contributed by atoms with E-state index in [1.54, 1.807) is 4.31 Å². The summed E-state index contributed by atoms with van der Waals surface area (Å²) in [4.78, 5) is 110. The zero-order valence-electron chi connectivity index (χ0n) is 105. The molecule has 21 heteroatoms. The van der Waals surface area contributed by atoms with Crippen molar-refractivity contribution >= 4 is 57.2 Å². The molecule has 0 spiro atoms. The fourth-order valence-electron chi connectivity index (χ4n) is 28.1. The number of hydrogen-bond donors (Lipinski definition) is 0. The van der Waals surface area contributed by atoms with Gasteiger partial charge in [-0.05, 0) is 255 Å². The molecular weight excluding hydrogens is 1860 g/mol. The number of amides is 7. The highest BCUT2D eigenvalue weighted by atomic mass is 32.2. The maximum Gasteiger partial charge on any atom is 0.228 e. The number of hydrogen-bond acceptors (Lipinski definition) is 12. The van der Waals surface area contributed by atoms with E-state index in [-0.39, 0.29) is 28.1 Å². The Morgan fingerprint density at radius 2 is 0.703 bits per heavy atom. The molecular formula is C127H239N11O9S. The van der Waals surface area contributed by atoms with Crippen molar-refractivity contribution in [2.24, 2.45) is 199 Å². The van der Waals surface area contributed by atoms with Crippen LogP contribution in [-0.4, -0.2) is 222 Å². The van der Waals surface area contributed by atoms with Gasteiger partial charge in [-0.25, -0.2) is 17.7 Å². The second-order valence-corrected chi connectivity index (χ2v) is 56.8. The molecule has 862 valence electrons. The third kappa shape index (κ3) is 40.6. The zero-order chi connectivity index (χ0) is 113. The van der Waals surface area contributed by atoms with Crippen LogP contribution >= 0.6 is 0 Å². The molecule has 9 aliphatic heterocycles. The number of fused-ring (bicyclic) bond motifs is 1. The maximum absolute atomic E-state index is 12.3. The Morgan fingerprint density at radius 1 is 0.378 bits per heavy atom. The van der Waals surface area contributed by atoms with Gasteiger partial charge in [-0.2, -0.15) is 0 Å². The molecule has 2 saturated carbocycles. The number of sulfonamides is 1. The van der Waals surface area contributed by atoms with Crippen LogP contribution in [0.25, 0.3) is 0 Å². The van der Waals surface area contributed by atoms with Crippen molar-refractivity contribution in [3.8, 4) is 0 Å². The zero-order valence-corrected chi connectivity index (χ0v) is 105. The Morgan fingerprint density at radius 3 is 1.01 bits per heavy atom. The van der Waals surface area contributed by atoms with Crippen molar-refractivity contribution in [3.05, 3.63) is 18.1 Å². The lowest BCUT2D eigenvalue weighted by molar-refractivity contribution is -0.143. The number of carbonyl (C=O) groups is 7. The molecule has 1 aromatic rings. The number of likely N-dealkylation sites (tertiary alicyclic amines) is 7. The second-order valence-electron chi connectivity index (χ2n) is 54.9. The Bertz CT molecular complexity index is 4030. The minimum Gasteiger partial charge on any atom is -0.355 e. The standard InChI is InChI=1S/C16H29NO.C15H25N3.C15H27NO.2C15H29NO.C14H27NO.2C13H25NO.C11H23NO2S/c1-10(2)13-7-12-8-17(9-14(12)11(13)3)15(18)16(4,5)6;1-11(2)13-6-7-18(10-15(13,4)5)14-9-16-12(3)8-17-14;1-5-12-10-16(9-6-13(12)11(2)3)14(17)15(4)7-8-15;1-7-12-10-16(14(17)15(4,5)6)9-8-13(12)11(2)3;1-6-12(5)15(17)16-9-8-14(11(3)4)13(7-2)10-16;1-6-12-9-15(14(16)11(4)5)8-7-13(12)10(2)3;2*1-5-11-9-14(13(15)6-2)8-7-12(11)10(3)4;1-5-10-8-12(15(4,13)14)7-6-11(10)9(2)3/h10-14H,7-9H2,1-6H3;8-9,11,13H,6-7,10H2,1-5H3;11-13H,5-10H2,1-4H3;11-13H,7-10H2,1-6H3;11-14H,6-10H2,1-5H3;10-13H,6-9H2,1-5H3;2*10-12H,5-9H2,1-4H3;9-11H,5-8H2,1-4H3. The van der Waals surface area contributed by atoms with Gasteiger partial charge in [0.25, 0.3) is 0 Å². The van der Waals surface area contributed by atoms with Gasteiger partial charge in [0, 0.05) is 159 Å². The highest BCUT2D eigenvalue weighted by Gasteiger charge is 2.51. The molecule has 0 radical (unpaired) electrons. The molecule has 12 rings (SSSR count). The number of rotatable bonds is 24. The maximum atomic E-state index is 12.3. The summed E-state index contributed by atoms with van der Waals surface area (Å²) in [7, 11) is -2.98. The number of aryl methyl sites for hydroxylation is 1. The van der Waals surface area contributed by atoms with Gasteiger partial charge in [0.15, 0.2) is 0 Å². The minimum atomic E-state index is -2.98. The summed E-state index contributed by atoms with van der Waals surface area (Å²) in [6.45, 7) is 110. The average Bonchev–Trinajstić information content (AvgIpc) is 1.62. The van der Waals surface area contributed by atoms with Gasteiger partial charge in [0.1, 0.15) is 5.82 Å². The fourth-order valence-corrected chi connectivity index (χ4v) is 29.0. The molecule has 10 heterocycles. The number of carbonyl (C=O) groups excluding carboxylic acids is 7. The molecule has 2 aliphatic carbocycles. The normalized spacial score (nSPS) is 28.5. The average molecular weight is 2100 g/mol. The van der Waals surface area contributed by atoms with Crippen LogP contribution in [0.2, 0.25) is 0 Å². The Labute approximate surface area is 913 Å². The van der Waals surface area contributed by atoms with Gasteiger partial charge in [-0.1, -0.05) is 329 Å². The van der Waals surface area contributed by atoms with Crippen LogP contribution in [0.1, 0.15) is 424 Å². The molecule has 20 nitrogen and oxygen atoms in total. The first kappa shape index (κ1) is 135. The van der Waals surface area contributed by atoms with Crippen molar-refractivity contribution in [3.63, 3.8) is 0 Å². The molecule has 11 aliphatic rings. The summed E-state index contributed by atoms with van der Waals surface area (Å²) in [6, 6.07) is 0. The Balaban J connectivity index is 0.000000347. The third-order valence-electron chi connectivity index (χ3n) is 38.3. The molecule has 20 unspecified atom stereocenters. The van der Waals surface area contributed by atoms with Crippen molar-refractivity contribution in [2.75, 3.05) is 129 Å². The molecule has 7 amide bonds. The molecule has 148 heavy (non-hydrogen) atoms. The van der Waals surface area contributed by atoms with E-state index >= 15 is 0 Å². The van der Waals surface area contributed by atoms with Crippen molar-refractivity contribution in [1.29, 1.82) is 0 Å². The van der Waals surface area contributed by atoms with E-state index in [1.807, 2.05) is 88.6 Å². The monoisotopic (exact) mass is 2090 g/mol. The highest BCUT2D eigenvalue weighted by Crippen LogP contribution is 2.51. The fraction of sp³-hybridized carbons (Fsp3) is 0.913. The summed E-state index contributed by atoms with van der Waals surface area (Å²) in [5.41, 5.74) is 0.889. The van der Waals surface area contributed by atoms with Gasteiger partial charge in [0.05, 0.1) is 24.3 Å². The van der Waals surface area contributed by atoms with Crippen LogP contribution in [0.15, 0.2) is 12.4 Å². The summed E-state index contributed by atoms with van der Waals surface area (Å²) in [5.74, 6) is 24.8. The number of nitrogens with zero attached hydrogens (tertiary/aromatic N) is 11. The lowest BCUT2D eigenvalue weighted by Gasteiger charge is -2.46. The quantitative estimate of drug-likeness (QED) is 0.0947. The van der Waals surface area contributed by atoms with Crippen LogP contribution in [0.4, 0.5) is 5.82 Å². The van der Waals surface area contributed by atoms with E-state index in [1.165, 1.54) is 96.1 Å².